The van der Waals surface area contributed by atoms with Crippen LogP contribution in [0.15, 0.2) is 18.5 Å². The highest BCUT2D eigenvalue weighted by molar-refractivity contribution is 5.45. The molecule has 2 rings (SSSR count). The standard InChI is InChI=1S/C13H20N2O2/c1-2-5-15-11-8-13(10-14-9-11)17-12-3-6-16-7-4-12/h8-10,12,15H,2-7H2,1H3. The Labute approximate surface area is 102 Å². The predicted octanol–water partition coefficient (Wildman–Crippen LogP) is 2.46. The van der Waals surface area contributed by atoms with Gasteiger partial charge in [-0.05, 0) is 6.42 Å². The lowest BCUT2D eigenvalue weighted by molar-refractivity contribution is 0.0254. The van der Waals surface area contributed by atoms with E-state index >= 15 is 0 Å². The Morgan fingerprint density at radius 1 is 1.41 bits per heavy atom. The smallest absolute Gasteiger partial charge is 0.140 e. The molecule has 1 aromatic rings. The maximum absolute atomic E-state index is 5.89. The predicted molar refractivity (Wildman–Crippen MR) is 67.5 cm³/mol. The molecule has 0 atom stereocenters. The molecule has 94 valence electrons. The van der Waals surface area contributed by atoms with Gasteiger partial charge >= 0.3 is 0 Å². The summed E-state index contributed by atoms with van der Waals surface area (Å²) >= 11 is 0. The van der Waals surface area contributed by atoms with Crippen LogP contribution in [-0.4, -0.2) is 30.8 Å². The summed E-state index contributed by atoms with van der Waals surface area (Å²) < 4.78 is 11.2. The van der Waals surface area contributed by atoms with E-state index < -0.39 is 0 Å². The van der Waals surface area contributed by atoms with Crippen LogP contribution in [0.25, 0.3) is 0 Å². The molecule has 1 aromatic heterocycles. The average Bonchev–Trinajstić information content (AvgIpc) is 2.38. The van der Waals surface area contributed by atoms with Gasteiger partial charge in [0, 0.05) is 25.5 Å². The van der Waals surface area contributed by atoms with Crippen molar-refractivity contribution in [1.82, 2.24) is 4.98 Å². The Balaban J connectivity index is 1.90. The molecule has 1 saturated heterocycles. The van der Waals surface area contributed by atoms with Gasteiger partial charge in [0.1, 0.15) is 11.9 Å². The maximum atomic E-state index is 5.89. The van der Waals surface area contributed by atoms with Gasteiger partial charge in [0.25, 0.3) is 0 Å². The number of nitrogens with zero attached hydrogens (tertiary/aromatic N) is 1. The normalized spacial score (nSPS) is 16.8. The van der Waals surface area contributed by atoms with Gasteiger partial charge in [-0.1, -0.05) is 6.92 Å². The third-order valence-corrected chi connectivity index (χ3v) is 2.76. The first-order valence-electron chi connectivity index (χ1n) is 6.32. The number of rotatable bonds is 5. The molecule has 0 unspecified atom stereocenters. The van der Waals surface area contributed by atoms with Crippen LogP contribution in [0.3, 0.4) is 0 Å². The Bertz CT molecular complexity index is 338. The molecular formula is C13H20N2O2. The third-order valence-electron chi connectivity index (χ3n) is 2.76. The average molecular weight is 236 g/mol. The fourth-order valence-electron chi connectivity index (χ4n) is 1.84. The van der Waals surface area contributed by atoms with Gasteiger partial charge in [-0.2, -0.15) is 0 Å². The molecule has 17 heavy (non-hydrogen) atoms. The van der Waals surface area contributed by atoms with Crippen LogP contribution in [-0.2, 0) is 4.74 Å². The van der Waals surface area contributed by atoms with Gasteiger partial charge < -0.3 is 14.8 Å². The number of ether oxygens (including phenoxy) is 2. The number of aromatic nitrogens is 1. The van der Waals surface area contributed by atoms with E-state index in [-0.39, 0.29) is 6.10 Å². The van der Waals surface area contributed by atoms with Crippen LogP contribution in [0.2, 0.25) is 0 Å². The highest BCUT2D eigenvalue weighted by Crippen LogP contribution is 2.20. The summed E-state index contributed by atoms with van der Waals surface area (Å²) in [5.74, 6) is 0.845. The summed E-state index contributed by atoms with van der Waals surface area (Å²) in [6, 6.07) is 2.01. The minimum atomic E-state index is 0.270. The topological polar surface area (TPSA) is 43.4 Å². The second-order valence-corrected chi connectivity index (χ2v) is 4.27. The lowest BCUT2D eigenvalue weighted by Gasteiger charge is -2.23. The highest BCUT2D eigenvalue weighted by Gasteiger charge is 2.15. The summed E-state index contributed by atoms with van der Waals surface area (Å²) in [6.45, 7) is 4.70. The Morgan fingerprint density at radius 3 is 3.00 bits per heavy atom. The minimum absolute atomic E-state index is 0.270. The fraction of sp³-hybridized carbons (Fsp3) is 0.615. The number of anilines is 1. The van der Waals surface area contributed by atoms with E-state index in [9.17, 15) is 0 Å². The Hall–Kier alpha value is -1.29. The molecule has 1 fully saturated rings. The number of nitrogens with one attached hydrogen (secondary N) is 1. The van der Waals surface area contributed by atoms with Gasteiger partial charge in [0.2, 0.25) is 0 Å². The van der Waals surface area contributed by atoms with Gasteiger partial charge in [-0.25, -0.2) is 0 Å². The zero-order valence-electron chi connectivity index (χ0n) is 10.3. The van der Waals surface area contributed by atoms with Gasteiger partial charge in [-0.15, -0.1) is 0 Å². The molecule has 4 nitrogen and oxygen atoms in total. The largest absolute Gasteiger partial charge is 0.489 e. The summed E-state index contributed by atoms with van der Waals surface area (Å²) in [4.78, 5) is 4.18. The van der Waals surface area contributed by atoms with Crippen LogP contribution in [0, 0.1) is 0 Å². The van der Waals surface area contributed by atoms with Crippen molar-refractivity contribution in [1.29, 1.82) is 0 Å². The van der Waals surface area contributed by atoms with Crippen LogP contribution in [0.1, 0.15) is 26.2 Å². The minimum Gasteiger partial charge on any atom is -0.489 e. The van der Waals surface area contributed by atoms with Crippen LogP contribution < -0.4 is 10.1 Å². The molecule has 0 amide bonds. The molecule has 0 bridgehead atoms. The SMILES string of the molecule is CCCNc1cncc(OC2CCOCC2)c1. The number of pyridine rings is 1. The van der Waals surface area contributed by atoms with Crippen molar-refractivity contribution in [2.24, 2.45) is 0 Å². The molecule has 0 aliphatic carbocycles. The Kier molecular flexibility index (Phi) is 4.62. The summed E-state index contributed by atoms with van der Waals surface area (Å²) in [5.41, 5.74) is 1.02. The molecule has 0 aromatic carbocycles. The van der Waals surface area contributed by atoms with Crippen LogP contribution >= 0.6 is 0 Å². The van der Waals surface area contributed by atoms with E-state index in [1.54, 1.807) is 6.20 Å². The van der Waals surface area contributed by atoms with Gasteiger partial charge in [-0.3, -0.25) is 4.98 Å². The lowest BCUT2D eigenvalue weighted by atomic mass is 10.1. The molecule has 1 aliphatic rings. The Morgan fingerprint density at radius 2 is 2.24 bits per heavy atom. The van der Waals surface area contributed by atoms with Crippen molar-refractivity contribution >= 4 is 5.69 Å². The third kappa shape index (κ3) is 3.89. The van der Waals surface area contributed by atoms with Crippen molar-refractivity contribution < 1.29 is 9.47 Å². The summed E-state index contributed by atoms with van der Waals surface area (Å²) in [6.07, 6.45) is 6.90. The number of hydrogen-bond donors (Lipinski definition) is 1. The molecule has 1 aliphatic heterocycles. The lowest BCUT2D eigenvalue weighted by Crippen LogP contribution is -2.25. The van der Waals surface area contributed by atoms with E-state index in [2.05, 4.69) is 17.2 Å². The maximum Gasteiger partial charge on any atom is 0.140 e. The van der Waals surface area contributed by atoms with E-state index in [1.165, 1.54) is 0 Å². The van der Waals surface area contributed by atoms with Crippen molar-refractivity contribution in [3.05, 3.63) is 18.5 Å². The molecule has 0 radical (unpaired) electrons. The van der Waals surface area contributed by atoms with Gasteiger partial charge in [0.05, 0.1) is 31.3 Å². The zero-order valence-corrected chi connectivity index (χ0v) is 10.3. The molecule has 0 spiro atoms. The van der Waals surface area contributed by atoms with E-state index in [0.29, 0.717) is 0 Å². The second-order valence-electron chi connectivity index (χ2n) is 4.27. The zero-order chi connectivity index (χ0) is 11.9. The fourth-order valence-corrected chi connectivity index (χ4v) is 1.84. The van der Waals surface area contributed by atoms with Crippen molar-refractivity contribution in [2.75, 3.05) is 25.1 Å². The molecule has 4 heteroatoms. The van der Waals surface area contributed by atoms with E-state index in [1.807, 2.05) is 12.3 Å². The summed E-state index contributed by atoms with van der Waals surface area (Å²) in [5, 5.41) is 3.30. The van der Waals surface area contributed by atoms with Crippen molar-refractivity contribution in [3.8, 4) is 5.75 Å². The van der Waals surface area contributed by atoms with Crippen LogP contribution in [0.4, 0.5) is 5.69 Å². The van der Waals surface area contributed by atoms with Crippen molar-refractivity contribution in [2.45, 2.75) is 32.3 Å². The van der Waals surface area contributed by atoms with Gasteiger partial charge in [0.15, 0.2) is 0 Å². The molecular weight excluding hydrogens is 216 g/mol. The van der Waals surface area contributed by atoms with E-state index in [4.69, 9.17) is 9.47 Å². The molecule has 2 heterocycles. The monoisotopic (exact) mass is 236 g/mol. The quantitative estimate of drug-likeness (QED) is 0.853. The second kappa shape index (κ2) is 6.45. The highest BCUT2D eigenvalue weighted by atomic mass is 16.5. The van der Waals surface area contributed by atoms with Crippen molar-refractivity contribution in [3.63, 3.8) is 0 Å². The first-order valence-corrected chi connectivity index (χ1v) is 6.32. The van der Waals surface area contributed by atoms with Crippen LogP contribution in [0.5, 0.6) is 5.75 Å². The summed E-state index contributed by atoms with van der Waals surface area (Å²) in [7, 11) is 0. The number of hydrogen-bond acceptors (Lipinski definition) is 4. The van der Waals surface area contributed by atoms with E-state index in [0.717, 1.165) is 50.5 Å². The molecule has 0 saturated carbocycles. The molecule has 1 N–H and O–H groups in total. The first kappa shape index (κ1) is 12.2. The first-order chi connectivity index (χ1) is 8.38.